The van der Waals surface area contributed by atoms with Crippen molar-refractivity contribution in [2.75, 3.05) is 33.2 Å². The molecule has 0 spiro atoms. The van der Waals surface area contributed by atoms with Crippen LogP contribution in [-0.4, -0.2) is 53.9 Å². The summed E-state index contributed by atoms with van der Waals surface area (Å²) in [5, 5.41) is 10.6. The summed E-state index contributed by atoms with van der Waals surface area (Å²) >= 11 is 0. The molecule has 6 heteroatoms. The zero-order valence-electron chi connectivity index (χ0n) is 10.1. The second-order valence-corrected chi connectivity index (χ2v) is 4.32. The molecule has 1 aromatic carbocycles. The lowest BCUT2D eigenvalue weighted by molar-refractivity contribution is -0.385. The van der Waals surface area contributed by atoms with Crippen LogP contribution in [-0.2, 0) is 0 Å². The zero-order valence-corrected chi connectivity index (χ0v) is 10.1. The Kier molecular flexibility index (Phi) is 3.57. The van der Waals surface area contributed by atoms with Crippen molar-refractivity contribution in [3.63, 3.8) is 0 Å². The van der Waals surface area contributed by atoms with Gasteiger partial charge in [0, 0.05) is 37.8 Å². The van der Waals surface area contributed by atoms with Gasteiger partial charge >= 0.3 is 0 Å². The van der Waals surface area contributed by atoms with Crippen LogP contribution in [0.3, 0.4) is 0 Å². The van der Waals surface area contributed by atoms with E-state index in [1.807, 2.05) is 7.05 Å². The minimum atomic E-state index is -0.541. The first-order valence-electron chi connectivity index (χ1n) is 5.72. The van der Waals surface area contributed by atoms with Crippen LogP contribution in [0.4, 0.5) is 5.69 Å². The maximum absolute atomic E-state index is 12.2. The van der Waals surface area contributed by atoms with Crippen molar-refractivity contribution >= 4 is 11.6 Å². The van der Waals surface area contributed by atoms with E-state index in [1.54, 1.807) is 11.0 Å². The number of carbonyl (C=O) groups excluding carboxylic acids is 1. The highest BCUT2D eigenvalue weighted by Crippen LogP contribution is 2.15. The summed E-state index contributed by atoms with van der Waals surface area (Å²) in [5.74, 6) is -0.153. The van der Waals surface area contributed by atoms with E-state index in [9.17, 15) is 14.9 Å². The van der Waals surface area contributed by atoms with Gasteiger partial charge < -0.3 is 9.80 Å². The molecule has 0 atom stereocenters. The molecule has 0 bridgehead atoms. The van der Waals surface area contributed by atoms with Gasteiger partial charge in [-0.1, -0.05) is 0 Å². The summed E-state index contributed by atoms with van der Waals surface area (Å²) in [6, 6.07) is 6.75. The van der Waals surface area contributed by atoms with Crippen molar-refractivity contribution in [2.45, 2.75) is 0 Å². The number of carbonyl (C=O) groups is 1. The number of non-ortho nitro benzene ring substituents is 1. The Morgan fingerprint density at radius 1 is 1.39 bits per heavy atom. The van der Waals surface area contributed by atoms with Crippen LogP contribution in [0.25, 0.3) is 0 Å². The average Bonchev–Trinajstić information content (AvgIpc) is 2.39. The smallest absolute Gasteiger partial charge is 0.278 e. The minimum Gasteiger partial charge on any atom is -0.336 e. The minimum absolute atomic E-state index is 0.153. The summed E-state index contributed by atoms with van der Waals surface area (Å²) in [4.78, 5) is 26.1. The van der Waals surface area contributed by atoms with Gasteiger partial charge in [0.15, 0.2) is 0 Å². The van der Waals surface area contributed by atoms with Crippen molar-refractivity contribution in [2.24, 2.45) is 0 Å². The molecular formula is C12H14N3O3. The second-order valence-electron chi connectivity index (χ2n) is 4.32. The lowest BCUT2D eigenvalue weighted by Gasteiger charge is -2.32. The van der Waals surface area contributed by atoms with Gasteiger partial charge in [0.1, 0.15) is 0 Å². The molecular weight excluding hydrogens is 234 g/mol. The lowest BCUT2D eigenvalue weighted by atomic mass is 10.1. The standard InChI is InChI=1S/C12H14N3O3/c1-13-5-7-14(8-6-13)12(16)10-3-2-4-11(9-10)15(17)18/h2-3,9H,5-8H2,1H3. The van der Waals surface area contributed by atoms with E-state index in [0.717, 1.165) is 13.1 Å². The first kappa shape index (κ1) is 12.5. The highest BCUT2D eigenvalue weighted by molar-refractivity contribution is 5.94. The van der Waals surface area contributed by atoms with Crippen molar-refractivity contribution < 1.29 is 9.72 Å². The summed E-state index contributed by atoms with van der Waals surface area (Å²) in [5.41, 5.74) is 0.181. The lowest BCUT2D eigenvalue weighted by Crippen LogP contribution is -2.47. The van der Waals surface area contributed by atoms with Crippen LogP contribution in [0.15, 0.2) is 18.2 Å². The molecule has 1 saturated heterocycles. The molecule has 0 N–H and O–H groups in total. The Labute approximate surface area is 105 Å². The van der Waals surface area contributed by atoms with Gasteiger partial charge in [0.05, 0.1) is 11.0 Å². The first-order chi connectivity index (χ1) is 8.58. The molecule has 1 aliphatic heterocycles. The predicted octanol–water partition coefficient (Wildman–Crippen LogP) is 0.783. The Morgan fingerprint density at radius 3 is 2.67 bits per heavy atom. The molecule has 1 fully saturated rings. The molecule has 1 aromatic rings. The highest BCUT2D eigenvalue weighted by Gasteiger charge is 2.21. The Bertz CT molecular complexity index is 467. The van der Waals surface area contributed by atoms with E-state index < -0.39 is 4.92 Å². The van der Waals surface area contributed by atoms with Gasteiger partial charge in [-0.15, -0.1) is 0 Å². The summed E-state index contributed by atoms with van der Waals surface area (Å²) in [6.07, 6.45) is 0. The third-order valence-corrected chi connectivity index (χ3v) is 3.02. The zero-order chi connectivity index (χ0) is 13.1. The van der Waals surface area contributed by atoms with Gasteiger partial charge in [0.25, 0.3) is 11.6 Å². The molecule has 1 radical (unpaired) electrons. The van der Waals surface area contributed by atoms with Crippen molar-refractivity contribution in [1.82, 2.24) is 9.80 Å². The number of amides is 1. The van der Waals surface area contributed by atoms with Crippen LogP contribution in [0.1, 0.15) is 10.4 Å². The Morgan fingerprint density at radius 2 is 2.06 bits per heavy atom. The summed E-state index contributed by atoms with van der Waals surface area (Å²) < 4.78 is 0. The number of nitro benzene ring substituents is 1. The molecule has 0 saturated carbocycles. The van der Waals surface area contributed by atoms with Crippen LogP contribution < -0.4 is 0 Å². The number of likely N-dealkylation sites (N-methyl/N-ethyl adjacent to an activating group) is 1. The van der Waals surface area contributed by atoms with Crippen molar-refractivity contribution in [1.29, 1.82) is 0 Å². The Hall–Kier alpha value is -1.95. The van der Waals surface area contributed by atoms with Crippen molar-refractivity contribution in [3.05, 3.63) is 39.9 Å². The number of nitrogens with zero attached hydrogens (tertiary/aromatic N) is 3. The number of benzene rings is 1. The third-order valence-electron chi connectivity index (χ3n) is 3.02. The van der Waals surface area contributed by atoms with E-state index in [4.69, 9.17) is 0 Å². The number of nitro groups is 1. The normalized spacial score (nSPS) is 16.6. The fraction of sp³-hybridized carbons (Fsp3) is 0.417. The summed E-state index contributed by atoms with van der Waals surface area (Å²) in [7, 11) is 2.00. The first-order valence-corrected chi connectivity index (χ1v) is 5.72. The van der Waals surface area contributed by atoms with Crippen molar-refractivity contribution in [3.8, 4) is 0 Å². The monoisotopic (exact) mass is 248 g/mol. The number of hydrogen-bond acceptors (Lipinski definition) is 4. The van der Waals surface area contributed by atoms with Gasteiger partial charge in [-0.3, -0.25) is 14.9 Å². The van der Waals surface area contributed by atoms with E-state index in [-0.39, 0.29) is 11.6 Å². The molecule has 0 unspecified atom stereocenters. The fourth-order valence-electron chi connectivity index (χ4n) is 1.88. The van der Waals surface area contributed by atoms with Crippen LogP contribution >= 0.6 is 0 Å². The number of rotatable bonds is 2. The predicted molar refractivity (Wildman–Crippen MR) is 65.3 cm³/mol. The van der Waals surface area contributed by atoms with Gasteiger partial charge in [0.2, 0.25) is 0 Å². The van der Waals surface area contributed by atoms with Crippen LogP contribution in [0.5, 0.6) is 0 Å². The van der Waals surface area contributed by atoms with E-state index in [0.29, 0.717) is 18.7 Å². The maximum Gasteiger partial charge on any atom is 0.278 e. The molecule has 0 aromatic heterocycles. The molecule has 1 amide bonds. The van der Waals surface area contributed by atoms with Crippen LogP contribution in [0, 0.1) is 16.2 Å². The highest BCUT2D eigenvalue weighted by atomic mass is 16.6. The largest absolute Gasteiger partial charge is 0.336 e. The third kappa shape index (κ3) is 2.65. The second kappa shape index (κ2) is 5.14. The molecule has 1 heterocycles. The fourth-order valence-corrected chi connectivity index (χ4v) is 1.88. The quantitative estimate of drug-likeness (QED) is 0.573. The van der Waals surface area contributed by atoms with Gasteiger partial charge in [-0.05, 0) is 19.2 Å². The SMILES string of the molecule is CN1CCN(C(=O)c2cc[c]c([N+](=O)[O-])c2)CC1. The number of piperazine rings is 1. The molecule has 1 aliphatic rings. The molecule has 0 aliphatic carbocycles. The number of hydrogen-bond donors (Lipinski definition) is 0. The van der Waals surface area contributed by atoms with Gasteiger partial charge in [-0.2, -0.15) is 0 Å². The molecule has 2 rings (SSSR count). The van der Waals surface area contributed by atoms with E-state index in [1.165, 1.54) is 12.1 Å². The Balaban J connectivity index is 2.13. The van der Waals surface area contributed by atoms with Gasteiger partial charge in [-0.25, -0.2) is 0 Å². The topological polar surface area (TPSA) is 66.7 Å². The molecule has 95 valence electrons. The van der Waals surface area contributed by atoms with Crippen LogP contribution in [0.2, 0.25) is 0 Å². The average molecular weight is 248 g/mol. The van der Waals surface area contributed by atoms with E-state index >= 15 is 0 Å². The molecule has 6 nitrogen and oxygen atoms in total. The maximum atomic E-state index is 12.2. The van der Waals surface area contributed by atoms with E-state index in [2.05, 4.69) is 11.0 Å². The molecule has 18 heavy (non-hydrogen) atoms. The summed E-state index contributed by atoms with van der Waals surface area (Å²) in [6.45, 7) is 2.96.